The third-order valence-corrected chi connectivity index (χ3v) is 3.00. The highest BCUT2D eigenvalue weighted by molar-refractivity contribution is 4.89. The Kier molecular flexibility index (Phi) is 6.92. The quantitative estimate of drug-likeness (QED) is 0.370. The van der Waals surface area contributed by atoms with E-state index < -0.39 is 0 Å². The molecule has 0 aromatic heterocycles. The van der Waals surface area contributed by atoms with Crippen LogP contribution in [-0.2, 0) is 0 Å². The van der Waals surface area contributed by atoms with Gasteiger partial charge in [-0.3, -0.25) is 0 Å². The lowest BCUT2D eigenvalue weighted by molar-refractivity contribution is 0.551. The Labute approximate surface area is 93.2 Å². The summed E-state index contributed by atoms with van der Waals surface area (Å²) < 4.78 is 0. The lowest BCUT2D eigenvalue weighted by Crippen LogP contribution is -2.24. The SMILES string of the molecule is NCCCNC[C@@H]1C[C@@H]1CNCCCN. The van der Waals surface area contributed by atoms with E-state index in [2.05, 4.69) is 10.6 Å². The van der Waals surface area contributed by atoms with Crippen molar-refractivity contribution in [3.8, 4) is 0 Å². The first-order chi connectivity index (χ1) is 7.38. The van der Waals surface area contributed by atoms with Crippen molar-refractivity contribution < 1.29 is 0 Å². The molecule has 1 aliphatic carbocycles. The lowest BCUT2D eigenvalue weighted by atomic mass is 10.3. The molecule has 4 nitrogen and oxygen atoms in total. The molecule has 1 saturated carbocycles. The van der Waals surface area contributed by atoms with Crippen molar-refractivity contribution in [1.82, 2.24) is 10.6 Å². The third kappa shape index (κ3) is 6.10. The Morgan fingerprint density at radius 1 is 0.867 bits per heavy atom. The number of rotatable bonds is 10. The van der Waals surface area contributed by atoms with Gasteiger partial charge < -0.3 is 22.1 Å². The largest absolute Gasteiger partial charge is 0.330 e. The fourth-order valence-corrected chi connectivity index (χ4v) is 1.84. The van der Waals surface area contributed by atoms with Crippen molar-refractivity contribution in [2.24, 2.45) is 23.3 Å². The highest BCUT2D eigenvalue weighted by Crippen LogP contribution is 2.36. The van der Waals surface area contributed by atoms with Gasteiger partial charge in [0.1, 0.15) is 0 Å². The summed E-state index contributed by atoms with van der Waals surface area (Å²) in [6.45, 7) is 6.07. The van der Waals surface area contributed by atoms with E-state index in [1.807, 2.05) is 0 Å². The molecule has 6 N–H and O–H groups in total. The van der Waals surface area contributed by atoms with Crippen LogP contribution in [0.4, 0.5) is 0 Å². The van der Waals surface area contributed by atoms with Crippen molar-refractivity contribution >= 4 is 0 Å². The van der Waals surface area contributed by atoms with Crippen LogP contribution in [0.2, 0.25) is 0 Å². The van der Waals surface area contributed by atoms with Crippen LogP contribution in [0, 0.1) is 11.8 Å². The average molecular weight is 214 g/mol. The van der Waals surface area contributed by atoms with Crippen LogP contribution in [0.15, 0.2) is 0 Å². The highest BCUT2D eigenvalue weighted by Gasteiger charge is 2.35. The summed E-state index contributed by atoms with van der Waals surface area (Å²) >= 11 is 0. The lowest BCUT2D eigenvalue weighted by Gasteiger charge is -2.04. The number of hydrogen-bond acceptors (Lipinski definition) is 4. The molecule has 1 rings (SSSR count). The van der Waals surface area contributed by atoms with E-state index in [0.29, 0.717) is 0 Å². The first-order valence-corrected chi connectivity index (χ1v) is 6.20. The molecule has 0 saturated heterocycles. The van der Waals surface area contributed by atoms with Crippen LogP contribution in [-0.4, -0.2) is 39.3 Å². The Bertz CT molecular complexity index is 136. The second kappa shape index (κ2) is 8.05. The molecule has 0 aromatic rings. The molecular weight excluding hydrogens is 188 g/mol. The number of hydrogen-bond donors (Lipinski definition) is 4. The van der Waals surface area contributed by atoms with Crippen molar-refractivity contribution in [2.45, 2.75) is 19.3 Å². The second-order valence-corrected chi connectivity index (χ2v) is 4.45. The van der Waals surface area contributed by atoms with Gasteiger partial charge >= 0.3 is 0 Å². The molecule has 2 atom stereocenters. The van der Waals surface area contributed by atoms with Crippen LogP contribution in [0.3, 0.4) is 0 Å². The Morgan fingerprint density at radius 3 is 1.73 bits per heavy atom. The van der Waals surface area contributed by atoms with E-state index in [0.717, 1.165) is 50.9 Å². The molecule has 15 heavy (non-hydrogen) atoms. The summed E-state index contributed by atoms with van der Waals surface area (Å²) in [5, 5.41) is 6.90. The van der Waals surface area contributed by atoms with Crippen molar-refractivity contribution in [3.05, 3.63) is 0 Å². The van der Waals surface area contributed by atoms with Gasteiger partial charge in [-0.25, -0.2) is 0 Å². The molecule has 0 unspecified atom stereocenters. The predicted octanol–water partition coefficient (Wildman–Crippen LogP) is -0.501. The first-order valence-electron chi connectivity index (χ1n) is 6.20. The van der Waals surface area contributed by atoms with Crippen molar-refractivity contribution in [3.63, 3.8) is 0 Å². The molecule has 1 aliphatic rings. The monoisotopic (exact) mass is 214 g/mol. The Morgan fingerprint density at radius 2 is 1.33 bits per heavy atom. The zero-order valence-corrected chi connectivity index (χ0v) is 9.67. The van der Waals surface area contributed by atoms with Gasteiger partial charge in [0.25, 0.3) is 0 Å². The molecule has 0 aliphatic heterocycles. The van der Waals surface area contributed by atoms with Crippen LogP contribution in [0.25, 0.3) is 0 Å². The highest BCUT2D eigenvalue weighted by atomic mass is 14.9. The molecule has 0 bridgehead atoms. The maximum Gasteiger partial charge on any atom is -0.00173 e. The summed E-state index contributed by atoms with van der Waals surface area (Å²) in [4.78, 5) is 0. The zero-order valence-electron chi connectivity index (χ0n) is 9.67. The fourth-order valence-electron chi connectivity index (χ4n) is 1.84. The normalized spacial score (nSPS) is 24.4. The summed E-state index contributed by atoms with van der Waals surface area (Å²) in [6.07, 6.45) is 3.56. The van der Waals surface area contributed by atoms with E-state index in [9.17, 15) is 0 Å². The molecule has 1 fully saturated rings. The second-order valence-electron chi connectivity index (χ2n) is 4.45. The fraction of sp³-hybridized carbons (Fsp3) is 1.00. The van der Waals surface area contributed by atoms with E-state index in [1.165, 1.54) is 19.5 Å². The topological polar surface area (TPSA) is 76.1 Å². The van der Waals surface area contributed by atoms with Crippen molar-refractivity contribution in [2.75, 3.05) is 39.3 Å². The summed E-state index contributed by atoms with van der Waals surface area (Å²) in [7, 11) is 0. The molecule has 0 radical (unpaired) electrons. The van der Waals surface area contributed by atoms with Gasteiger partial charge in [-0.2, -0.15) is 0 Å². The standard InChI is InChI=1S/C11H26N4/c12-3-1-5-14-8-10-7-11(10)9-15-6-2-4-13/h10-11,14-15H,1-9,12-13H2/t10-,11+. The zero-order chi connectivity index (χ0) is 10.9. The molecule has 4 heteroatoms. The van der Waals surface area contributed by atoms with E-state index in [-0.39, 0.29) is 0 Å². The van der Waals surface area contributed by atoms with Crippen molar-refractivity contribution in [1.29, 1.82) is 0 Å². The van der Waals surface area contributed by atoms with E-state index in [1.54, 1.807) is 0 Å². The Balaban J connectivity index is 1.81. The molecule has 0 spiro atoms. The average Bonchev–Trinajstić information content (AvgIpc) is 2.99. The Hall–Kier alpha value is -0.160. The maximum atomic E-state index is 5.42. The van der Waals surface area contributed by atoms with Crippen LogP contribution >= 0.6 is 0 Å². The number of nitrogens with one attached hydrogen (secondary N) is 2. The number of nitrogens with two attached hydrogens (primary N) is 2. The molecule has 0 aromatic carbocycles. The minimum Gasteiger partial charge on any atom is -0.330 e. The minimum atomic E-state index is 0.793. The van der Waals surface area contributed by atoms with Crippen LogP contribution in [0.5, 0.6) is 0 Å². The molecule has 0 amide bonds. The van der Waals surface area contributed by atoms with Crippen LogP contribution < -0.4 is 22.1 Å². The third-order valence-electron chi connectivity index (χ3n) is 3.00. The van der Waals surface area contributed by atoms with E-state index in [4.69, 9.17) is 11.5 Å². The summed E-state index contributed by atoms with van der Waals surface area (Å²) in [6, 6.07) is 0. The van der Waals surface area contributed by atoms with E-state index >= 15 is 0 Å². The van der Waals surface area contributed by atoms with Gasteiger partial charge in [0, 0.05) is 0 Å². The van der Waals surface area contributed by atoms with Crippen LogP contribution in [0.1, 0.15) is 19.3 Å². The van der Waals surface area contributed by atoms with Gasteiger partial charge in [-0.1, -0.05) is 0 Å². The molecule has 90 valence electrons. The van der Waals surface area contributed by atoms with Gasteiger partial charge in [0.05, 0.1) is 0 Å². The minimum absolute atomic E-state index is 0.793. The van der Waals surface area contributed by atoms with Gasteiger partial charge in [0.15, 0.2) is 0 Å². The molecular formula is C11H26N4. The summed E-state index contributed by atoms with van der Waals surface area (Å²) in [5.74, 6) is 1.79. The predicted molar refractivity (Wildman–Crippen MR) is 64.7 cm³/mol. The van der Waals surface area contributed by atoms with Gasteiger partial charge in [-0.05, 0) is 70.4 Å². The first kappa shape index (κ1) is 12.9. The maximum absolute atomic E-state index is 5.42. The smallest absolute Gasteiger partial charge is 0.00173 e. The van der Waals surface area contributed by atoms with Gasteiger partial charge in [-0.15, -0.1) is 0 Å². The molecule has 0 heterocycles. The van der Waals surface area contributed by atoms with Gasteiger partial charge in [0.2, 0.25) is 0 Å². The summed E-state index contributed by atoms with van der Waals surface area (Å²) in [5.41, 5.74) is 10.8.